The van der Waals surface area contributed by atoms with Gasteiger partial charge in [-0.05, 0) is 103 Å². The number of amides is 6. The van der Waals surface area contributed by atoms with E-state index in [4.69, 9.17) is 44.4 Å². The molecule has 25 nitrogen and oxygen atoms in total. The number of unbranched alkanes of at least 4 members (excludes halogenated alkanes) is 1. The maximum absolute atomic E-state index is 12.0. The summed E-state index contributed by atoms with van der Waals surface area (Å²) in [6.07, 6.45) is 15.0. The number of aliphatic hydroxyl groups excluding tert-OH is 2. The molecule has 0 radical (unpaired) electrons. The quantitative estimate of drug-likeness (QED) is 0.00989. The van der Waals surface area contributed by atoms with Gasteiger partial charge in [-0.2, -0.15) is 0 Å². The maximum Gasteiger partial charge on any atom is 0.410 e. The van der Waals surface area contributed by atoms with Crippen LogP contribution in [0.25, 0.3) is 10.4 Å². The molecule has 578 valence electrons. The van der Waals surface area contributed by atoms with Gasteiger partial charge in [-0.1, -0.05) is 217 Å². The second kappa shape index (κ2) is 51.3. The molecule has 2 unspecified atom stereocenters. The zero-order valence-electron chi connectivity index (χ0n) is 61.7. The Morgan fingerprint density at radius 3 is 1.36 bits per heavy atom. The van der Waals surface area contributed by atoms with E-state index in [9.17, 15) is 39.0 Å². The zero-order chi connectivity index (χ0) is 77.2. The Bertz CT molecular complexity index is 3660. The Morgan fingerprint density at radius 2 is 0.917 bits per heavy atom. The summed E-state index contributed by atoms with van der Waals surface area (Å²) >= 11 is 0. The van der Waals surface area contributed by atoms with Crippen LogP contribution in [0.3, 0.4) is 0 Å². The van der Waals surface area contributed by atoms with E-state index in [2.05, 4.69) is 41.2 Å². The highest BCUT2D eigenvalue weighted by Gasteiger charge is 2.43. The van der Waals surface area contributed by atoms with Crippen molar-refractivity contribution in [2.45, 2.75) is 140 Å². The van der Waals surface area contributed by atoms with Crippen LogP contribution in [0.1, 0.15) is 97.6 Å². The van der Waals surface area contributed by atoms with Crippen LogP contribution in [0, 0.1) is 0 Å². The number of hydrogen-bond donors (Lipinski definition) is 4. The van der Waals surface area contributed by atoms with Gasteiger partial charge in [-0.25, -0.2) is 28.8 Å². The number of nitrogens with two attached hydrogens (primary N) is 1. The fourth-order valence-corrected chi connectivity index (χ4v) is 11.2. The van der Waals surface area contributed by atoms with Gasteiger partial charge in [0.25, 0.3) is 0 Å². The lowest BCUT2D eigenvalue weighted by atomic mass is 10.1. The molecule has 25 heteroatoms. The highest BCUT2D eigenvalue weighted by Crippen LogP contribution is 2.31. The highest BCUT2D eigenvalue weighted by molar-refractivity contribution is 5.70. The molecule has 6 aromatic carbocycles. The summed E-state index contributed by atoms with van der Waals surface area (Å²) in [7, 11) is 0. The topological polar surface area (TPSA) is 314 Å². The van der Waals surface area contributed by atoms with Gasteiger partial charge in [0.1, 0.15) is 45.7 Å². The number of hydrogen-bond acceptors (Lipinski definition) is 17. The van der Waals surface area contributed by atoms with E-state index in [1.165, 1.54) is 9.80 Å². The predicted octanol–water partition coefficient (Wildman–Crippen LogP) is 14.6. The number of allylic oxidation sites excluding steroid dienone is 2. The first-order valence-electron chi connectivity index (χ1n) is 36.7. The van der Waals surface area contributed by atoms with E-state index in [0.29, 0.717) is 91.2 Å². The van der Waals surface area contributed by atoms with Gasteiger partial charge in [0.05, 0.1) is 44.0 Å². The standard InChI is InChI=1S/C16H21NO2.C14H18N4O3.C14H20N2O3.C14H17NO3.C14H17NO2.C11H13NO2/c1-3-5-9-13-17(12-4-2)16(18)19-14-15-10-7-6-8-11-15;15-17-16-12-7-4-8-18(9-13(12)19)14(20)21-10-11-5-2-1-3-6-11;15-12-7-4-8-16(9-13(12)17)14(18)19-10-11-5-2-1-3-6-11;16-14(17-10-11-5-2-1-3-6-11)15-8-4-7-12-13(9-15)18-12;16-14(15-10-6-1-2-7-11-15)17-12-13-8-4-3-5-9-13;1-2-8-12-11(13)14-9-10-6-4-3-5-7-10/h3-4,6-8,10-11H,1-2,5,9,12-14H2;1-3,5-6,12-13,19H,4,7-10H2;1-3,5-6,12-13,17H,4,7-10,15H2;1-3,5-6,12-13H,4,7-10H2;1,3-6,8-9H,2,7,10-12H2;2-7H,1,8-9H2,(H,12,13)/t;2*12-,13-;;;/m.11.../s1. The molecular formula is C83H106N10O15. The number of rotatable bonds is 21. The predicted molar refractivity (Wildman–Crippen MR) is 413 cm³/mol. The number of β-amino-alcohol motifs (C(OH)–C–C–N with tert-alkyl or cyclic N) is 2. The Kier molecular flexibility index (Phi) is 40.8. The average molecular weight is 1480 g/mol. The normalized spacial score (nSPS) is 18.1. The third-order valence-corrected chi connectivity index (χ3v) is 17.2. The smallest absolute Gasteiger partial charge is 0.410 e. The first-order chi connectivity index (χ1) is 52.7. The van der Waals surface area contributed by atoms with E-state index in [-0.39, 0.29) is 56.7 Å². The summed E-state index contributed by atoms with van der Waals surface area (Å²) in [5.74, 6) is 0. The largest absolute Gasteiger partial charge is 0.445 e. The van der Waals surface area contributed by atoms with E-state index in [1.807, 2.05) is 194 Å². The number of carbonyl (C=O) groups is 6. The molecule has 0 aromatic heterocycles. The minimum absolute atomic E-state index is 0.122. The van der Waals surface area contributed by atoms with Gasteiger partial charge in [-0.3, -0.25) is 0 Å². The van der Waals surface area contributed by atoms with Crippen LogP contribution in [0.2, 0.25) is 0 Å². The Morgan fingerprint density at radius 1 is 0.509 bits per heavy atom. The molecule has 4 fully saturated rings. The lowest BCUT2D eigenvalue weighted by Gasteiger charge is -2.22. The first kappa shape index (κ1) is 86.0. The number of aliphatic hydroxyl groups is 2. The number of ether oxygens (including phenoxy) is 7. The lowest BCUT2D eigenvalue weighted by molar-refractivity contribution is 0.0701. The van der Waals surface area contributed by atoms with E-state index < -0.39 is 36.5 Å². The summed E-state index contributed by atoms with van der Waals surface area (Å²) in [6, 6.07) is 56.9. The molecular weight excluding hydrogens is 1380 g/mol. The Balaban J connectivity index is 0.000000203. The van der Waals surface area contributed by atoms with Crippen LogP contribution in [-0.4, -0.2) is 180 Å². The van der Waals surface area contributed by atoms with E-state index in [0.717, 1.165) is 97.8 Å². The third kappa shape index (κ3) is 35.0. The fraction of sp³-hybridized carbons (Fsp3) is 0.398. The SMILES string of the molecule is C=CCCCN(CC=C)C(=O)OCc1ccccc1.C=CCNC(=O)OCc1ccccc1.N[C@@H]1CCCN(C(=O)OCc2ccccc2)C[C@H]1O.O=C(OCc1ccccc1)N1CC=CCCC1.O=C(OCc1ccccc1)N1CCCC2OC2C1.[N-]=[N+]=N[C@@H]1CCCN(C(=O)OCc2ccccc2)C[C@H]1O. The van der Waals surface area contributed by atoms with Crippen LogP contribution in [0.15, 0.2) is 237 Å². The fourth-order valence-electron chi connectivity index (χ4n) is 11.2. The highest BCUT2D eigenvalue weighted by atomic mass is 16.6. The number of carbonyl (C=O) groups excluding carboxylic acids is 6. The molecule has 11 rings (SSSR count). The van der Waals surface area contributed by atoms with Crippen molar-refractivity contribution in [3.63, 3.8) is 0 Å². The summed E-state index contributed by atoms with van der Waals surface area (Å²) in [4.78, 5) is 81.5. The lowest BCUT2D eigenvalue weighted by Crippen LogP contribution is -2.42. The molecule has 6 atom stereocenters. The molecule has 6 aromatic rings. The number of alkyl carbamates (subject to hydrolysis) is 1. The number of nitrogens with one attached hydrogen (secondary N) is 1. The van der Waals surface area contributed by atoms with E-state index in [1.54, 1.807) is 26.9 Å². The number of likely N-dealkylation sites (tertiary alicyclic amines) is 3. The van der Waals surface area contributed by atoms with Crippen molar-refractivity contribution in [1.82, 2.24) is 29.8 Å². The Hall–Kier alpha value is -10.9. The van der Waals surface area contributed by atoms with Crippen molar-refractivity contribution in [3.8, 4) is 0 Å². The van der Waals surface area contributed by atoms with Crippen molar-refractivity contribution >= 4 is 36.6 Å². The molecule has 0 saturated carbocycles. The van der Waals surface area contributed by atoms with Crippen LogP contribution >= 0.6 is 0 Å². The zero-order valence-corrected chi connectivity index (χ0v) is 61.7. The number of azide groups is 1. The van der Waals surface area contributed by atoms with Gasteiger partial charge in [0.15, 0.2) is 0 Å². The third-order valence-electron chi connectivity index (χ3n) is 17.2. The van der Waals surface area contributed by atoms with Crippen molar-refractivity contribution in [2.24, 2.45) is 10.8 Å². The summed E-state index contributed by atoms with van der Waals surface area (Å²) in [5, 5.41) is 25.8. The van der Waals surface area contributed by atoms with Gasteiger partial charge in [0, 0.05) is 63.3 Å². The van der Waals surface area contributed by atoms with Crippen molar-refractivity contribution in [2.75, 3.05) is 72.0 Å². The second-order valence-corrected chi connectivity index (χ2v) is 25.7. The number of fused-ring (bicyclic) bond motifs is 1. The summed E-state index contributed by atoms with van der Waals surface area (Å²) in [5.41, 5.74) is 20.1. The van der Waals surface area contributed by atoms with Gasteiger partial charge < -0.3 is 78.9 Å². The minimum Gasteiger partial charge on any atom is -0.445 e. The van der Waals surface area contributed by atoms with Gasteiger partial charge in [-0.15, -0.1) is 19.7 Å². The molecule has 0 bridgehead atoms. The Labute approximate surface area is 634 Å². The first-order valence-corrected chi connectivity index (χ1v) is 36.7. The van der Waals surface area contributed by atoms with Crippen LogP contribution in [-0.2, 0) is 72.8 Å². The molecule has 0 aliphatic carbocycles. The van der Waals surface area contributed by atoms with Gasteiger partial charge >= 0.3 is 36.6 Å². The minimum atomic E-state index is -0.854. The molecule has 5 heterocycles. The average Bonchev–Trinajstić information content (AvgIpc) is 1.67. The maximum atomic E-state index is 12.0. The van der Waals surface area contributed by atoms with Crippen LogP contribution < -0.4 is 11.1 Å². The van der Waals surface area contributed by atoms with Crippen LogP contribution in [0.4, 0.5) is 28.8 Å². The van der Waals surface area contributed by atoms with Crippen molar-refractivity contribution < 1.29 is 72.1 Å². The number of nitrogens with zero attached hydrogens (tertiary/aromatic N) is 8. The molecule has 5 N–H and O–H groups in total. The van der Waals surface area contributed by atoms with Crippen molar-refractivity contribution in [1.29, 1.82) is 0 Å². The molecule has 108 heavy (non-hydrogen) atoms. The van der Waals surface area contributed by atoms with Crippen LogP contribution in [0.5, 0.6) is 0 Å². The second-order valence-electron chi connectivity index (χ2n) is 25.7. The number of epoxide rings is 1. The molecule has 5 aliphatic rings. The molecule has 6 amide bonds. The summed E-state index contributed by atoms with van der Waals surface area (Å²) in [6.45, 7) is 18.5. The molecule has 0 spiro atoms. The monoisotopic (exact) mass is 1480 g/mol. The molecule has 5 aliphatic heterocycles. The van der Waals surface area contributed by atoms with E-state index >= 15 is 0 Å². The molecule has 4 saturated heterocycles. The van der Waals surface area contributed by atoms with Crippen molar-refractivity contribution in [3.05, 3.63) is 276 Å². The number of benzene rings is 6. The summed E-state index contributed by atoms with van der Waals surface area (Å²) < 4.78 is 36.7. The van der Waals surface area contributed by atoms with Gasteiger partial charge in [0.2, 0.25) is 0 Å².